The van der Waals surface area contributed by atoms with Crippen molar-refractivity contribution in [2.24, 2.45) is 4.99 Å². The van der Waals surface area contributed by atoms with Crippen molar-refractivity contribution in [1.29, 1.82) is 0 Å². The lowest BCUT2D eigenvalue weighted by Crippen LogP contribution is -2.05. The fourth-order valence-electron chi connectivity index (χ4n) is 2.30. The monoisotopic (exact) mass is 325 g/mol. The summed E-state index contributed by atoms with van der Waals surface area (Å²) in [5, 5.41) is 0.610. The average Bonchev–Trinajstić information content (AvgIpc) is 2.88. The fraction of sp³-hybridized carbons (Fsp3) is 0.158. The minimum atomic E-state index is -0.451. The molecule has 0 fully saturated rings. The summed E-state index contributed by atoms with van der Waals surface area (Å²) in [7, 11) is 0. The van der Waals surface area contributed by atoms with Crippen LogP contribution in [-0.4, -0.2) is 11.9 Å². The van der Waals surface area contributed by atoms with Crippen LogP contribution in [0.15, 0.2) is 59.2 Å². The van der Waals surface area contributed by atoms with Crippen molar-refractivity contribution in [3.05, 3.63) is 75.9 Å². The van der Waals surface area contributed by atoms with Gasteiger partial charge in [-0.2, -0.15) is 0 Å². The molecule has 0 radical (unpaired) electrons. The topological polar surface area (TPSA) is 38.7 Å². The van der Waals surface area contributed by atoms with Crippen LogP contribution in [0.2, 0.25) is 5.02 Å². The number of rotatable bonds is 3. The van der Waals surface area contributed by atoms with E-state index in [1.54, 1.807) is 18.2 Å². The molecule has 3 nitrogen and oxygen atoms in total. The van der Waals surface area contributed by atoms with Gasteiger partial charge in [-0.05, 0) is 47.4 Å². The van der Waals surface area contributed by atoms with Gasteiger partial charge in [-0.15, -0.1) is 0 Å². The summed E-state index contributed by atoms with van der Waals surface area (Å²) in [6, 6.07) is 15.1. The molecule has 0 aliphatic carbocycles. The summed E-state index contributed by atoms with van der Waals surface area (Å²) in [5.74, 6) is 0.335. The maximum Gasteiger partial charge on any atom is 0.363 e. The van der Waals surface area contributed by atoms with Gasteiger partial charge in [0.15, 0.2) is 5.70 Å². The van der Waals surface area contributed by atoms with E-state index in [0.29, 0.717) is 16.8 Å². The molecule has 2 aromatic carbocycles. The Hall–Kier alpha value is -2.39. The highest BCUT2D eigenvalue weighted by molar-refractivity contribution is 6.30. The van der Waals surface area contributed by atoms with Crippen molar-refractivity contribution >= 4 is 29.5 Å². The van der Waals surface area contributed by atoms with Crippen molar-refractivity contribution in [2.45, 2.75) is 19.8 Å². The number of cyclic esters (lactones) is 1. The predicted molar refractivity (Wildman–Crippen MR) is 92.6 cm³/mol. The van der Waals surface area contributed by atoms with Gasteiger partial charge in [0.25, 0.3) is 0 Å². The number of halogens is 1. The number of nitrogens with zero attached hydrogens (tertiary/aromatic N) is 1. The van der Waals surface area contributed by atoms with Crippen LogP contribution < -0.4 is 0 Å². The molecule has 1 heterocycles. The van der Waals surface area contributed by atoms with Crippen LogP contribution in [0.5, 0.6) is 0 Å². The Kier molecular flexibility index (Phi) is 4.30. The summed E-state index contributed by atoms with van der Waals surface area (Å²) >= 11 is 5.95. The molecule has 0 aromatic heterocycles. The number of esters is 1. The normalized spacial score (nSPS) is 15.9. The maximum absolute atomic E-state index is 12.0. The van der Waals surface area contributed by atoms with Gasteiger partial charge in [0.1, 0.15) is 0 Å². The van der Waals surface area contributed by atoms with Gasteiger partial charge in [0.2, 0.25) is 5.90 Å². The van der Waals surface area contributed by atoms with E-state index in [-0.39, 0.29) is 5.70 Å². The molecule has 0 bridgehead atoms. The first-order valence-electron chi connectivity index (χ1n) is 7.41. The molecule has 0 amide bonds. The van der Waals surface area contributed by atoms with Gasteiger partial charge >= 0.3 is 5.97 Å². The molecule has 1 aliphatic heterocycles. The molecule has 0 unspecified atom stereocenters. The summed E-state index contributed by atoms with van der Waals surface area (Å²) < 4.78 is 5.27. The molecule has 0 saturated heterocycles. The smallest absolute Gasteiger partial charge is 0.363 e. The van der Waals surface area contributed by atoms with Gasteiger partial charge in [-0.3, -0.25) is 0 Å². The average molecular weight is 326 g/mol. The second kappa shape index (κ2) is 6.39. The Morgan fingerprint density at radius 1 is 1.13 bits per heavy atom. The molecule has 0 N–H and O–H groups in total. The Morgan fingerprint density at radius 3 is 2.52 bits per heavy atom. The van der Waals surface area contributed by atoms with Crippen molar-refractivity contribution in [3.8, 4) is 0 Å². The largest absolute Gasteiger partial charge is 0.402 e. The van der Waals surface area contributed by atoms with E-state index in [9.17, 15) is 4.79 Å². The van der Waals surface area contributed by atoms with Crippen LogP contribution in [0.3, 0.4) is 0 Å². The van der Waals surface area contributed by atoms with E-state index in [1.165, 1.54) is 5.56 Å². The number of benzene rings is 2. The van der Waals surface area contributed by atoms with Crippen LogP contribution in [0.1, 0.15) is 36.5 Å². The number of hydrogen-bond donors (Lipinski definition) is 0. The minimum absolute atomic E-state index is 0.273. The molecule has 116 valence electrons. The van der Waals surface area contributed by atoms with Gasteiger partial charge in [-0.25, -0.2) is 9.79 Å². The molecule has 3 rings (SSSR count). The van der Waals surface area contributed by atoms with E-state index in [4.69, 9.17) is 16.3 Å². The van der Waals surface area contributed by atoms with E-state index >= 15 is 0 Å². The van der Waals surface area contributed by atoms with Gasteiger partial charge in [-0.1, -0.05) is 49.7 Å². The zero-order chi connectivity index (χ0) is 16.4. The maximum atomic E-state index is 12.0. The molecular weight excluding hydrogens is 310 g/mol. The summed E-state index contributed by atoms with van der Waals surface area (Å²) in [5.41, 5.74) is 3.10. The fourth-order valence-corrected chi connectivity index (χ4v) is 2.50. The standard InChI is InChI=1S/C19H16ClNO2/c1-12(2)14-6-8-15(9-7-14)18-21-17(19(22)23-18)11-13-4-3-5-16(20)10-13/h3-12H,1-2H3/b17-11-. The van der Waals surface area contributed by atoms with Gasteiger partial charge in [0, 0.05) is 10.6 Å². The first-order chi connectivity index (χ1) is 11.0. The van der Waals surface area contributed by atoms with E-state index in [2.05, 4.69) is 18.8 Å². The Morgan fingerprint density at radius 2 is 1.87 bits per heavy atom. The highest BCUT2D eigenvalue weighted by atomic mass is 35.5. The van der Waals surface area contributed by atoms with Crippen molar-refractivity contribution in [3.63, 3.8) is 0 Å². The molecule has 0 atom stereocenters. The van der Waals surface area contributed by atoms with Crippen LogP contribution in [0.4, 0.5) is 0 Å². The van der Waals surface area contributed by atoms with Crippen molar-refractivity contribution in [1.82, 2.24) is 0 Å². The van der Waals surface area contributed by atoms with Crippen LogP contribution in [-0.2, 0) is 9.53 Å². The van der Waals surface area contributed by atoms with E-state index in [1.807, 2.05) is 36.4 Å². The zero-order valence-corrected chi connectivity index (χ0v) is 13.7. The number of carbonyl (C=O) groups excluding carboxylic acids is 1. The quantitative estimate of drug-likeness (QED) is 0.600. The van der Waals surface area contributed by atoms with Crippen LogP contribution in [0, 0.1) is 0 Å². The molecule has 0 saturated carbocycles. The van der Waals surface area contributed by atoms with Crippen LogP contribution in [0.25, 0.3) is 6.08 Å². The van der Waals surface area contributed by atoms with Crippen molar-refractivity contribution < 1.29 is 9.53 Å². The first kappa shape index (κ1) is 15.5. The zero-order valence-electron chi connectivity index (χ0n) is 12.9. The number of carbonyl (C=O) groups is 1. The number of hydrogen-bond acceptors (Lipinski definition) is 3. The summed E-state index contributed by atoms with van der Waals surface area (Å²) in [4.78, 5) is 16.3. The second-order valence-electron chi connectivity index (χ2n) is 5.67. The molecule has 4 heteroatoms. The molecule has 0 spiro atoms. The van der Waals surface area contributed by atoms with E-state index < -0.39 is 5.97 Å². The van der Waals surface area contributed by atoms with Gasteiger partial charge in [0.05, 0.1) is 0 Å². The third kappa shape index (κ3) is 3.51. The molecule has 2 aromatic rings. The third-order valence-electron chi connectivity index (χ3n) is 3.60. The third-order valence-corrected chi connectivity index (χ3v) is 3.83. The number of ether oxygens (including phenoxy) is 1. The lowest BCUT2D eigenvalue weighted by Gasteiger charge is -2.05. The Balaban J connectivity index is 1.89. The minimum Gasteiger partial charge on any atom is -0.402 e. The predicted octanol–water partition coefficient (Wildman–Crippen LogP) is 4.81. The van der Waals surface area contributed by atoms with Crippen molar-refractivity contribution in [2.75, 3.05) is 0 Å². The van der Waals surface area contributed by atoms with Crippen LogP contribution >= 0.6 is 11.6 Å². The first-order valence-corrected chi connectivity index (χ1v) is 7.79. The molecular formula is C19H16ClNO2. The van der Waals surface area contributed by atoms with Gasteiger partial charge < -0.3 is 4.74 Å². The molecule has 1 aliphatic rings. The second-order valence-corrected chi connectivity index (χ2v) is 6.10. The highest BCUT2D eigenvalue weighted by Gasteiger charge is 2.24. The lowest BCUT2D eigenvalue weighted by atomic mass is 10.0. The highest BCUT2D eigenvalue weighted by Crippen LogP contribution is 2.22. The number of aliphatic imine (C=N–C) groups is 1. The SMILES string of the molecule is CC(C)c1ccc(C2=N/C(=C\c3cccc(Cl)c3)C(=O)O2)cc1. The summed E-state index contributed by atoms with van der Waals surface area (Å²) in [6.07, 6.45) is 1.67. The molecule has 23 heavy (non-hydrogen) atoms. The Labute approximate surface area is 140 Å². The van der Waals surface area contributed by atoms with E-state index in [0.717, 1.165) is 11.1 Å². The Bertz CT molecular complexity index is 804. The lowest BCUT2D eigenvalue weighted by molar-refractivity contribution is -0.129. The summed E-state index contributed by atoms with van der Waals surface area (Å²) in [6.45, 7) is 4.27.